The van der Waals surface area contributed by atoms with Gasteiger partial charge >= 0.3 is 5.97 Å². The molecule has 3 aromatic rings. The fourth-order valence-corrected chi connectivity index (χ4v) is 3.63. The van der Waals surface area contributed by atoms with Gasteiger partial charge in [-0.3, -0.25) is 4.79 Å². The number of ether oxygens (including phenoxy) is 2. The van der Waals surface area contributed by atoms with Gasteiger partial charge in [-0.1, -0.05) is 31.2 Å². The zero-order chi connectivity index (χ0) is 22.4. The Morgan fingerprint density at radius 2 is 1.58 bits per heavy atom. The second-order valence-corrected chi connectivity index (χ2v) is 7.58. The largest absolute Gasteiger partial charge is 0.497 e. The molecule has 5 heteroatoms. The summed E-state index contributed by atoms with van der Waals surface area (Å²) in [7, 11) is 1.65. The summed E-state index contributed by atoms with van der Waals surface area (Å²) in [6.07, 6.45) is 1.75. The molecular formula is C26H29NO4. The van der Waals surface area contributed by atoms with Crippen LogP contribution >= 0.6 is 0 Å². The highest BCUT2D eigenvalue weighted by molar-refractivity contribution is 6.00. The lowest BCUT2D eigenvalue weighted by Gasteiger charge is -2.10. The second kappa shape index (κ2) is 10.1. The van der Waals surface area contributed by atoms with Gasteiger partial charge in [-0.25, -0.2) is 4.79 Å². The number of ketones is 1. The number of aromatic nitrogens is 1. The molecule has 2 aromatic carbocycles. The van der Waals surface area contributed by atoms with E-state index in [0.29, 0.717) is 11.1 Å². The highest BCUT2D eigenvalue weighted by Gasteiger charge is 2.18. The van der Waals surface area contributed by atoms with Gasteiger partial charge in [0.15, 0.2) is 6.61 Å². The molecule has 31 heavy (non-hydrogen) atoms. The van der Waals surface area contributed by atoms with Gasteiger partial charge in [0, 0.05) is 23.5 Å². The zero-order valence-electron chi connectivity index (χ0n) is 18.6. The van der Waals surface area contributed by atoms with Gasteiger partial charge in [0.05, 0.1) is 12.7 Å². The summed E-state index contributed by atoms with van der Waals surface area (Å²) in [4.78, 5) is 25.0. The molecule has 3 rings (SSSR count). The summed E-state index contributed by atoms with van der Waals surface area (Å²) >= 11 is 0. The minimum atomic E-state index is -0.482. The number of carbonyl (C=O) groups excluding carboxylic acids is 2. The Morgan fingerprint density at radius 3 is 2.19 bits per heavy atom. The van der Waals surface area contributed by atoms with Crippen LogP contribution < -0.4 is 4.74 Å². The Morgan fingerprint density at radius 1 is 0.935 bits per heavy atom. The van der Waals surface area contributed by atoms with Gasteiger partial charge in [0.1, 0.15) is 5.75 Å². The molecule has 0 saturated heterocycles. The van der Waals surface area contributed by atoms with E-state index in [1.54, 1.807) is 19.2 Å². The molecule has 0 spiro atoms. The van der Waals surface area contributed by atoms with Crippen LogP contribution in [0.15, 0.2) is 54.6 Å². The first-order valence-corrected chi connectivity index (χ1v) is 10.5. The van der Waals surface area contributed by atoms with E-state index < -0.39 is 5.97 Å². The van der Waals surface area contributed by atoms with Crippen LogP contribution in [0.5, 0.6) is 5.75 Å². The molecule has 1 aromatic heterocycles. The molecule has 0 saturated carbocycles. The number of aryl methyl sites for hydroxylation is 3. The fourth-order valence-electron chi connectivity index (χ4n) is 3.63. The first-order valence-electron chi connectivity index (χ1n) is 10.5. The monoisotopic (exact) mass is 419 g/mol. The minimum absolute atomic E-state index is 0.192. The smallest absolute Gasteiger partial charge is 0.338 e. The maximum Gasteiger partial charge on any atom is 0.338 e. The molecule has 5 nitrogen and oxygen atoms in total. The van der Waals surface area contributed by atoms with Crippen molar-refractivity contribution in [1.29, 1.82) is 0 Å². The van der Waals surface area contributed by atoms with Crippen LogP contribution in [0.25, 0.3) is 0 Å². The standard InChI is InChI=1S/C26H29NO4/c1-5-20-6-10-22(11-7-20)26(29)31-17-25(28)24-16-18(2)27(19(24)3)15-14-21-8-12-23(30-4)13-9-21/h6-13,16H,5,14-15,17H2,1-4H3. The van der Waals surface area contributed by atoms with Crippen LogP contribution in [0.2, 0.25) is 0 Å². The average molecular weight is 420 g/mol. The van der Waals surface area contributed by atoms with Crippen LogP contribution in [-0.2, 0) is 24.1 Å². The summed E-state index contributed by atoms with van der Waals surface area (Å²) in [5.74, 6) is 0.160. The quantitative estimate of drug-likeness (QED) is 0.363. The van der Waals surface area contributed by atoms with E-state index in [-0.39, 0.29) is 12.4 Å². The molecule has 0 aliphatic carbocycles. The number of hydrogen-bond donors (Lipinski definition) is 0. The number of esters is 1. The van der Waals surface area contributed by atoms with Gasteiger partial charge < -0.3 is 14.0 Å². The van der Waals surface area contributed by atoms with Crippen molar-refractivity contribution in [3.63, 3.8) is 0 Å². The van der Waals surface area contributed by atoms with Crippen LogP contribution in [0.1, 0.15) is 50.2 Å². The van der Waals surface area contributed by atoms with E-state index in [9.17, 15) is 9.59 Å². The Kier molecular flexibility index (Phi) is 7.29. The number of methoxy groups -OCH3 is 1. The topological polar surface area (TPSA) is 57.5 Å². The van der Waals surface area contributed by atoms with Crippen LogP contribution in [0.3, 0.4) is 0 Å². The highest BCUT2D eigenvalue weighted by atomic mass is 16.5. The van der Waals surface area contributed by atoms with Gasteiger partial charge in [-0.05, 0) is 68.1 Å². The van der Waals surface area contributed by atoms with E-state index >= 15 is 0 Å². The number of nitrogens with zero attached hydrogens (tertiary/aromatic N) is 1. The van der Waals surface area contributed by atoms with Crippen molar-refractivity contribution in [3.05, 3.63) is 88.2 Å². The van der Waals surface area contributed by atoms with Crippen molar-refractivity contribution in [3.8, 4) is 5.75 Å². The van der Waals surface area contributed by atoms with Crippen molar-refractivity contribution >= 4 is 11.8 Å². The lowest BCUT2D eigenvalue weighted by atomic mass is 10.1. The van der Waals surface area contributed by atoms with Crippen LogP contribution in [-0.4, -0.2) is 30.0 Å². The van der Waals surface area contributed by atoms with Gasteiger partial charge in [0.2, 0.25) is 5.78 Å². The summed E-state index contributed by atoms with van der Waals surface area (Å²) < 4.78 is 12.6. The molecule has 1 heterocycles. The Bertz CT molecular complexity index is 1050. The van der Waals surface area contributed by atoms with Crippen molar-refractivity contribution in [2.45, 2.75) is 40.2 Å². The third kappa shape index (κ3) is 5.43. The minimum Gasteiger partial charge on any atom is -0.497 e. The molecule has 0 N–H and O–H groups in total. The fraction of sp³-hybridized carbons (Fsp3) is 0.308. The second-order valence-electron chi connectivity index (χ2n) is 7.58. The molecule has 0 aliphatic heterocycles. The number of benzene rings is 2. The number of Topliss-reactive ketones (excluding diaryl/α,β-unsaturated/α-hetero) is 1. The van der Waals surface area contributed by atoms with Crippen molar-refractivity contribution < 1.29 is 19.1 Å². The Labute approximate surface area is 183 Å². The Hall–Kier alpha value is -3.34. The molecule has 162 valence electrons. The average Bonchev–Trinajstić information content (AvgIpc) is 3.09. The van der Waals surface area contributed by atoms with E-state index in [4.69, 9.17) is 9.47 Å². The van der Waals surface area contributed by atoms with Gasteiger partial charge in [-0.15, -0.1) is 0 Å². The lowest BCUT2D eigenvalue weighted by Crippen LogP contribution is -2.15. The lowest BCUT2D eigenvalue weighted by molar-refractivity contribution is 0.0474. The van der Waals surface area contributed by atoms with Crippen molar-refractivity contribution in [1.82, 2.24) is 4.57 Å². The number of hydrogen-bond acceptors (Lipinski definition) is 4. The summed E-state index contributed by atoms with van der Waals surface area (Å²) in [6, 6.07) is 17.1. The molecule has 0 bridgehead atoms. The van der Waals surface area contributed by atoms with Gasteiger partial charge in [-0.2, -0.15) is 0 Å². The molecule has 0 unspecified atom stereocenters. The van der Waals surface area contributed by atoms with Crippen molar-refractivity contribution in [2.24, 2.45) is 0 Å². The van der Waals surface area contributed by atoms with E-state index in [0.717, 1.165) is 42.1 Å². The van der Waals surface area contributed by atoms with Crippen LogP contribution in [0, 0.1) is 13.8 Å². The first kappa shape index (κ1) is 22.3. The molecule has 0 radical (unpaired) electrons. The SMILES string of the molecule is CCc1ccc(C(=O)OCC(=O)c2cc(C)n(CCc3ccc(OC)cc3)c2C)cc1. The third-order valence-corrected chi connectivity index (χ3v) is 5.59. The molecule has 0 aliphatic rings. The number of rotatable bonds is 9. The summed E-state index contributed by atoms with van der Waals surface area (Å²) in [6.45, 7) is 6.47. The maximum absolute atomic E-state index is 12.7. The van der Waals surface area contributed by atoms with Crippen molar-refractivity contribution in [2.75, 3.05) is 13.7 Å². The highest BCUT2D eigenvalue weighted by Crippen LogP contribution is 2.18. The third-order valence-electron chi connectivity index (χ3n) is 5.59. The van der Waals surface area contributed by atoms with Gasteiger partial charge in [0.25, 0.3) is 0 Å². The predicted molar refractivity (Wildman–Crippen MR) is 121 cm³/mol. The number of carbonyl (C=O) groups is 2. The van der Waals surface area contributed by atoms with E-state index in [1.165, 1.54) is 5.56 Å². The van der Waals surface area contributed by atoms with E-state index in [1.807, 2.05) is 56.3 Å². The normalized spacial score (nSPS) is 10.7. The maximum atomic E-state index is 12.7. The van der Waals surface area contributed by atoms with Crippen LogP contribution in [0.4, 0.5) is 0 Å². The summed E-state index contributed by atoms with van der Waals surface area (Å²) in [5.41, 5.74) is 5.30. The van der Waals surface area contributed by atoms with E-state index in [2.05, 4.69) is 11.5 Å². The predicted octanol–water partition coefficient (Wildman–Crippen LogP) is 4.96. The molecular weight excluding hydrogens is 390 g/mol. The molecule has 0 atom stereocenters. The molecule has 0 fully saturated rings. The summed E-state index contributed by atoms with van der Waals surface area (Å²) in [5, 5.41) is 0. The Balaban J connectivity index is 1.61. The molecule has 0 amide bonds. The first-order chi connectivity index (χ1) is 14.9. The zero-order valence-corrected chi connectivity index (χ0v) is 18.6.